The number of halogens is 1. The molecule has 2 aromatic carbocycles. The number of fused-ring (bicyclic) bond motifs is 1. The number of aromatic nitrogens is 1. The lowest BCUT2D eigenvalue weighted by atomic mass is 10.2. The van der Waals surface area contributed by atoms with Crippen LogP contribution in [0.25, 0.3) is 17.0 Å². The van der Waals surface area contributed by atoms with Crippen LogP contribution in [-0.2, 0) is 10.0 Å². The molecule has 0 spiro atoms. The first kappa shape index (κ1) is 15.5. The van der Waals surface area contributed by atoms with Crippen LogP contribution in [0.4, 0.5) is 5.69 Å². The molecule has 1 aromatic heterocycles. The van der Waals surface area contributed by atoms with Crippen LogP contribution in [-0.4, -0.2) is 13.4 Å². The molecule has 0 aliphatic heterocycles. The van der Waals surface area contributed by atoms with E-state index in [4.69, 9.17) is 11.6 Å². The van der Waals surface area contributed by atoms with E-state index in [9.17, 15) is 8.42 Å². The summed E-state index contributed by atoms with van der Waals surface area (Å²) in [6.45, 7) is 0. The summed E-state index contributed by atoms with van der Waals surface area (Å²) in [6.07, 6.45) is 3.14. The van der Waals surface area contributed by atoms with Crippen LogP contribution < -0.4 is 4.72 Å². The van der Waals surface area contributed by atoms with Crippen LogP contribution in [0.3, 0.4) is 0 Å². The molecule has 116 valence electrons. The average molecular weight is 345 g/mol. The molecular weight excluding hydrogens is 332 g/mol. The van der Waals surface area contributed by atoms with E-state index in [0.717, 1.165) is 16.4 Å². The van der Waals surface area contributed by atoms with Crippen molar-refractivity contribution in [1.29, 1.82) is 0 Å². The molecule has 0 unspecified atom stereocenters. The molecule has 6 heteroatoms. The fraction of sp³-hybridized carbons (Fsp3) is 0. The van der Waals surface area contributed by atoms with E-state index in [2.05, 4.69) is 9.71 Å². The first-order valence-corrected chi connectivity index (χ1v) is 8.76. The van der Waals surface area contributed by atoms with Crippen LogP contribution in [0.5, 0.6) is 0 Å². The van der Waals surface area contributed by atoms with Crippen molar-refractivity contribution in [2.24, 2.45) is 0 Å². The average Bonchev–Trinajstić information content (AvgIpc) is 2.54. The number of benzene rings is 2. The molecule has 3 rings (SSSR count). The van der Waals surface area contributed by atoms with Crippen LogP contribution in [0.2, 0.25) is 5.02 Å². The summed E-state index contributed by atoms with van der Waals surface area (Å²) in [7, 11) is -3.64. The van der Waals surface area contributed by atoms with Gasteiger partial charge in [0.1, 0.15) is 0 Å². The zero-order chi connectivity index (χ0) is 16.3. The number of anilines is 1. The Balaban J connectivity index is 1.87. The zero-order valence-corrected chi connectivity index (χ0v) is 13.6. The Morgan fingerprint density at radius 2 is 1.74 bits per heavy atom. The molecule has 0 bridgehead atoms. The molecule has 1 heterocycles. The zero-order valence-electron chi connectivity index (χ0n) is 12.0. The Labute approximate surface area is 139 Å². The Morgan fingerprint density at radius 3 is 2.52 bits per heavy atom. The molecule has 4 nitrogen and oxygen atoms in total. The summed E-state index contributed by atoms with van der Waals surface area (Å²) in [5.41, 5.74) is 1.80. The quantitative estimate of drug-likeness (QED) is 0.767. The highest BCUT2D eigenvalue weighted by Gasteiger charge is 2.09. The molecule has 23 heavy (non-hydrogen) atoms. The highest BCUT2D eigenvalue weighted by molar-refractivity contribution is 7.95. The Hall–Kier alpha value is -2.37. The van der Waals surface area contributed by atoms with Crippen molar-refractivity contribution in [2.75, 3.05) is 4.72 Å². The van der Waals surface area contributed by atoms with E-state index in [0.29, 0.717) is 16.2 Å². The third kappa shape index (κ3) is 3.88. The topological polar surface area (TPSA) is 59.1 Å². The van der Waals surface area contributed by atoms with Crippen molar-refractivity contribution in [3.05, 3.63) is 76.8 Å². The molecular formula is C17H13ClN2O2S. The third-order valence-corrected chi connectivity index (χ3v) is 4.45. The summed E-state index contributed by atoms with van der Waals surface area (Å²) in [5, 5.41) is 2.59. The van der Waals surface area contributed by atoms with Gasteiger partial charge >= 0.3 is 0 Å². The molecule has 0 aliphatic rings. The number of para-hydroxylation sites is 1. The molecule has 0 atom stereocenters. The van der Waals surface area contributed by atoms with Crippen molar-refractivity contribution in [2.45, 2.75) is 0 Å². The molecule has 0 fully saturated rings. The van der Waals surface area contributed by atoms with E-state index in [1.165, 1.54) is 6.08 Å². The van der Waals surface area contributed by atoms with Crippen molar-refractivity contribution < 1.29 is 8.42 Å². The summed E-state index contributed by atoms with van der Waals surface area (Å²) < 4.78 is 27.0. The smallest absolute Gasteiger partial charge is 0.255 e. The highest BCUT2D eigenvalue weighted by Crippen LogP contribution is 2.22. The largest absolute Gasteiger partial charge is 0.278 e. The molecule has 0 saturated carbocycles. The van der Waals surface area contributed by atoms with Gasteiger partial charge in [-0.3, -0.25) is 9.71 Å². The molecule has 3 aromatic rings. The molecule has 0 saturated heterocycles. The molecule has 0 amide bonds. The van der Waals surface area contributed by atoms with Crippen LogP contribution in [0, 0.1) is 0 Å². The summed E-state index contributed by atoms with van der Waals surface area (Å²) in [4.78, 5) is 4.23. The predicted molar refractivity (Wildman–Crippen MR) is 94.8 cm³/mol. The van der Waals surface area contributed by atoms with Gasteiger partial charge in [0.15, 0.2) is 0 Å². The summed E-state index contributed by atoms with van der Waals surface area (Å²) in [6, 6.07) is 15.9. The minimum Gasteiger partial charge on any atom is -0.278 e. The number of rotatable bonds is 4. The second-order valence-electron chi connectivity index (χ2n) is 4.88. The third-order valence-electron chi connectivity index (χ3n) is 3.19. The fourth-order valence-electron chi connectivity index (χ4n) is 2.12. The van der Waals surface area contributed by atoms with Crippen molar-refractivity contribution in [1.82, 2.24) is 4.98 Å². The number of sulfonamides is 1. The van der Waals surface area contributed by atoms with Gasteiger partial charge in [-0.1, -0.05) is 41.9 Å². The Bertz CT molecular complexity index is 962. The monoisotopic (exact) mass is 344 g/mol. The van der Waals surface area contributed by atoms with E-state index in [1.54, 1.807) is 48.7 Å². The van der Waals surface area contributed by atoms with Crippen molar-refractivity contribution in [3.8, 4) is 0 Å². The number of hydrogen-bond donors (Lipinski definition) is 1. The van der Waals surface area contributed by atoms with Gasteiger partial charge in [0.25, 0.3) is 10.0 Å². The summed E-state index contributed by atoms with van der Waals surface area (Å²) in [5.74, 6) is 0. The number of nitrogens with zero attached hydrogens (tertiary/aromatic N) is 1. The summed E-state index contributed by atoms with van der Waals surface area (Å²) >= 11 is 5.80. The van der Waals surface area contributed by atoms with Crippen LogP contribution in [0.1, 0.15) is 5.56 Å². The molecule has 0 aliphatic carbocycles. The maximum Gasteiger partial charge on any atom is 0.255 e. The standard InChI is InChI=1S/C17H13ClN2O2S/c18-15-8-6-13(7-9-15)10-12-23(21,22)20-16-5-1-3-14-4-2-11-19-17(14)16/h1-12,20H/b12-10+. The van der Waals surface area contributed by atoms with Gasteiger partial charge in [0.2, 0.25) is 0 Å². The van der Waals surface area contributed by atoms with Crippen LogP contribution in [0.15, 0.2) is 66.2 Å². The van der Waals surface area contributed by atoms with Gasteiger partial charge in [-0.2, -0.15) is 0 Å². The van der Waals surface area contributed by atoms with Gasteiger partial charge in [0, 0.05) is 16.6 Å². The highest BCUT2D eigenvalue weighted by atomic mass is 35.5. The lowest BCUT2D eigenvalue weighted by molar-refractivity contribution is 0.609. The SMILES string of the molecule is O=S(=O)(/C=C/c1ccc(Cl)cc1)Nc1cccc2cccnc12. The van der Waals surface area contributed by atoms with Gasteiger partial charge in [-0.05, 0) is 35.9 Å². The maximum absolute atomic E-state index is 12.2. The number of nitrogens with one attached hydrogen (secondary N) is 1. The first-order valence-electron chi connectivity index (χ1n) is 6.84. The second kappa shape index (κ2) is 6.40. The Morgan fingerprint density at radius 1 is 1.00 bits per heavy atom. The second-order valence-corrected chi connectivity index (χ2v) is 6.88. The molecule has 0 radical (unpaired) electrons. The minimum absolute atomic E-state index is 0.448. The first-order chi connectivity index (χ1) is 11.0. The van der Waals surface area contributed by atoms with Gasteiger partial charge in [-0.25, -0.2) is 8.42 Å². The van der Waals surface area contributed by atoms with E-state index in [-0.39, 0.29) is 0 Å². The van der Waals surface area contributed by atoms with Crippen LogP contribution >= 0.6 is 11.6 Å². The van der Waals surface area contributed by atoms with E-state index >= 15 is 0 Å². The molecule has 1 N–H and O–H groups in total. The van der Waals surface area contributed by atoms with Gasteiger partial charge in [-0.15, -0.1) is 0 Å². The predicted octanol–water partition coefficient (Wildman–Crippen LogP) is 4.30. The lowest BCUT2D eigenvalue weighted by Gasteiger charge is -2.07. The fourth-order valence-corrected chi connectivity index (χ4v) is 3.12. The van der Waals surface area contributed by atoms with Gasteiger partial charge < -0.3 is 0 Å². The van der Waals surface area contributed by atoms with Crippen molar-refractivity contribution >= 4 is 44.3 Å². The number of pyridine rings is 1. The van der Waals surface area contributed by atoms with Crippen molar-refractivity contribution in [3.63, 3.8) is 0 Å². The van der Waals surface area contributed by atoms with E-state index in [1.807, 2.05) is 12.1 Å². The number of hydrogen-bond acceptors (Lipinski definition) is 3. The lowest BCUT2D eigenvalue weighted by Crippen LogP contribution is -2.09. The Kier molecular flexibility index (Phi) is 4.32. The normalized spacial score (nSPS) is 11.9. The van der Waals surface area contributed by atoms with E-state index < -0.39 is 10.0 Å². The van der Waals surface area contributed by atoms with Gasteiger partial charge in [0.05, 0.1) is 16.6 Å². The maximum atomic E-state index is 12.2. The minimum atomic E-state index is -3.64.